The molecule has 0 N–H and O–H groups in total. The molecule has 4 aliphatic carbocycles. The van der Waals surface area contributed by atoms with Crippen molar-refractivity contribution in [2.45, 2.75) is 96.4 Å². The highest BCUT2D eigenvalue weighted by molar-refractivity contribution is 9.09. The first-order chi connectivity index (χ1) is 12.3. The number of ether oxygens (including phenoxy) is 1. The van der Waals surface area contributed by atoms with E-state index in [1.807, 2.05) is 0 Å². The highest BCUT2D eigenvalue weighted by Gasteiger charge is 2.60. The van der Waals surface area contributed by atoms with Crippen molar-refractivity contribution in [2.24, 2.45) is 40.4 Å². The molecule has 0 bridgehead atoms. The van der Waals surface area contributed by atoms with E-state index in [-0.39, 0.29) is 12.1 Å². The molecular formula is C23H37BrO2. The van der Waals surface area contributed by atoms with Gasteiger partial charge >= 0.3 is 5.97 Å². The molecular weight excluding hydrogens is 388 g/mol. The summed E-state index contributed by atoms with van der Waals surface area (Å²) >= 11 is 3.94. The number of halogens is 1. The summed E-state index contributed by atoms with van der Waals surface area (Å²) in [6.07, 6.45) is 12.1. The van der Waals surface area contributed by atoms with Crippen LogP contribution in [0.25, 0.3) is 0 Å². The van der Waals surface area contributed by atoms with Crippen molar-refractivity contribution in [3.63, 3.8) is 0 Å². The second-order valence-electron chi connectivity index (χ2n) is 10.6. The standard InChI is InChI=1S/C23H37BrO2/c1-14(24)19-7-8-20-18-6-5-16-13-17(26-15(2)25)9-11-22(16,3)21(18)10-12-23(19,20)4/h14,16-21H,5-13H2,1-4H3/t14-,16+,17+,18+,19-,20+,21+,22+,23-/m1/s1. The van der Waals surface area contributed by atoms with Gasteiger partial charge in [0.2, 0.25) is 0 Å². The number of rotatable bonds is 2. The SMILES string of the molecule is CC(=O)O[C@H]1CC[C@@]2(C)[C@@H](CC[C@@H]3[C@@H]2CC[C@]2(C)[C@@H]([C@@H](C)Br)CC[C@@H]32)C1. The molecule has 26 heavy (non-hydrogen) atoms. The van der Waals surface area contributed by atoms with Gasteiger partial charge in [-0.1, -0.05) is 36.7 Å². The average molecular weight is 425 g/mol. The lowest BCUT2D eigenvalue weighted by atomic mass is 9.44. The summed E-state index contributed by atoms with van der Waals surface area (Å²) in [5.74, 6) is 4.31. The molecule has 0 aromatic carbocycles. The average Bonchev–Trinajstić information content (AvgIpc) is 2.92. The number of alkyl halides is 1. The smallest absolute Gasteiger partial charge is 0.302 e. The molecule has 3 heteroatoms. The van der Waals surface area contributed by atoms with E-state index in [2.05, 4.69) is 36.7 Å². The molecule has 0 aromatic rings. The molecule has 0 radical (unpaired) electrons. The second-order valence-corrected chi connectivity index (χ2v) is 12.0. The Labute approximate surface area is 168 Å². The fourth-order valence-electron chi connectivity index (χ4n) is 8.36. The number of hydrogen-bond donors (Lipinski definition) is 0. The first-order valence-corrected chi connectivity index (χ1v) is 12.0. The number of fused-ring (bicyclic) bond motifs is 5. The summed E-state index contributed by atoms with van der Waals surface area (Å²) in [6, 6.07) is 0. The van der Waals surface area contributed by atoms with Crippen molar-refractivity contribution < 1.29 is 9.53 Å². The Balaban J connectivity index is 1.53. The molecule has 4 rings (SSSR count). The Morgan fingerprint density at radius 3 is 2.38 bits per heavy atom. The van der Waals surface area contributed by atoms with E-state index >= 15 is 0 Å². The van der Waals surface area contributed by atoms with Crippen LogP contribution in [0.15, 0.2) is 0 Å². The summed E-state index contributed by atoms with van der Waals surface area (Å²) in [4.78, 5) is 12.1. The lowest BCUT2D eigenvalue weighted by Crippen LogP contribution is -2.54. The van der Waals surface area contributed by atoms with Crippen LogP contribution in [-0.2, 0) is 9.53 Å². The van der Waals surface area contributed by atoms with E-state index in [0.29, 0.717) is 15.7 Å². The number of hydrogen-bond acceptors (Lipinski definition) is 2. The van der Waals surface area contributed by atoms with E-state index in [1.165, 1.54) is 44.9 Å². The van der Waals surface area contributed by atoms with Crippen molar-refractivity contribution in [3.05, 3.63) is 0 Å². The van der Waals surface area contributed by atoms with Gasteiger partial charge in [-0.05, 0) is 98.2 Å². The Morgan fingerprint density at radius 1 is 1.00 bits per heavy atom. The van der Waals surface area contributed by atoms with Crippen molar-refractivity contribution in [2.75, 3.05) is 0 Å². The summed E-state index contributed by atoms with van der Waals surface area (Å²) < 4.78 is 5.60. The van der Waals surface area contributed by atoms with Gasteiger partial charge < -0.3 is 4.74 Å². The van der Waals surface area contributed by atoms with Gasteiger partial charge in [0.05, 0.1) is 0 Å². The van der Waals surface area contributed by atoms with Crippen molar-refractivity contribution >= 4 is 21.9 Å². The van der Waals surface area contributed by atoms with Crippen LogP contribution in [0.2, 0.25) is 0 Å². The van der Waals surface area contributed by atoms with Gasteiger partial charge in [0, 0.05) is 11.8 Å². The Bertz CT molecular complexity index is 560. The van der Waals surface area contributed by atoms with E-state index in [9.17, 15) is 4.79 Å². The van der Waals surface area contributed by atoms with Crippen LogP contribution in [0.1, 0.15) is 85.5 Å². The minimum absolute atomic E-state index is 0.0957. The van der Waals surface area contributed by atoms with Gasteiger partial charge in [0.1, 0.15) is 6.10 Å². The van der Waals surface area contributed by atoms with Crippen LogP contribution in [0.3, 0.4) is 0 Å². The van der Waals surface area contributed by atoms with Crippen LogP contribution in [0, 0.1) is 40.4 Å². The number of esters is 1. The van der Waals surface area contributed by atoms with Crippen LogP contribution in [0.5, 0.6) is 0 Å². The molecule has 0 saturated heterocycles. The van der Waals surface area contributed by atoms with Crippen LogP contribution < -0.4 is 0 Å². The third-order valence-corrected chi connectivity index (χ3v) is 10.2. The summed E-state index contributed by atoms with van der Waals surface area (Å²) in [7, 11) is 0. The second kappa shape index (κ2) is 6.78. The molecule has 0 heterocycles. The quantitative estimate of drug-likeness (QED) is 0.380. The highest BCUT2D eigenvalue weighted by Crippen LogP contribution is 2.68. The zero-order valence-corrected chi connectivity index (χ0v) is 18.7. The predicted octanol–water partition coefficient (Wildman–Crippen LogP) is 6.36. The third-order valence-electron chi connectivity index (χ3n) is 9.58. The van der Waals surface area contributed by atoms with Crippen molar-refractivity contribution in [1.29, 1.82) is 0 Å². The van der Waals surface area contributed by atoms with Crippen molar-refractivity contribution in [3.8, 4) is 0 Å². The molecule has 0 aliphatic heterocycles. The van der Waals surface area contributed by atoms with Gasteiger partial charge in [-0.2, -0.15) is 0 Å². The maximum absolute atomic E-state index is 11.4. The maximum atomic E-state index is 11.4. The van der Waals surface area contributed by atoms with E-state index < -0.39 is 0 Å². The van der Waals surface area contributed by atoms with Gasteiger partial charge in [0.25, 0.3) is 0 Å². The Kier molecular flexibility index (Phi) is 5.02. The first kappa shape index (κ1) is 19.3. The molecule has 0 spiro atoms. The third kappa shape index (κ3) is 2.90. The van der Waals surface area contributed by atoms with Crippen LogP contribution >= 0.6 is 15.9 Å². The van der Waals surface area contributed by atoms with Gasteiger partial charge in [-0.15, -0.1) is 0 Å². The van der Waals surface area contributed by atoms with Crippen LogP contribution in [-0.4, -0.2) is 16.9 Å². The predicted molar refractivity (Wildman–Crippen MR) is 109 cm³/mol. The summed E-state index contributed by atoms with van der Waals surface area (Å²) in [6.45, 7) is 9.16. The summed E-state index contributed by atoms with van der Waals surface area (Å²) in [5.41, 5.74) is 1.04. The molecule has 148 valence electrons. The van der Waals surface area contributed by atoms with Crippen LogP contribution in [0.4, 0.5) is 0 Å². The molecule has 9 atom stereocenters. The minimum Gasteiger partial charge on any atom is -0.463 e. The number of carbonyl (C=O) groups excluding carboxylic acids is 1. The zero-order valence-electron chi connectivity index (χ0n) is 17.1. The molecule has 0 aromatic heterocycles. The lowest BCUT2D eigenvalue weighted by Gasteiger charge is -2.61. The van der Waals surface area contributed by atoms with Gasteiger partial charge in [0.15, 0.2) is 0 Å². The van der Waals surface area contributed by atoms with Gasteiger partial charge in [-0.3, -0.25) is 4.79 Å². The molecule has 4 fully saturated rings. The van der Waals surface area contributed by atoms with Crippen molar-refractivity contribution in [1.82, 2.24) is 0 Å². The molecule has 0 amide bonds. The summed E-state index contributed by atoms with van der Waals surface area (Å²) in [5, 5.41) is 0. The number of carbonyl (C=O) groups is 1. The molecule has 0 unspecified atom stereocenters. The fraction of sp³-hybridized carbons (Fsp3) is 0.957. The van der Waals surface area contributed by atoms with E-state index in [0.717, 1.165) is 42.4 Å². The fourth-order valence-corrected chi connectivity index (χ4v) is 9.22. The molecule has 4 saturated carbocycles. The molecule has 2 nitrogen and oxygen atoms in total. The van der Waals surface area contributed by atoms with E-state index in [1.54, 1.807) is 6.92 Å². The minimum atomic E-state index is -0.0957. The van der Waals surface area contributed by atoms with E-state index in [4.69, 9.17) is 4.74 Å². The monoisotopic (exact) mass is 424 g/mol. The zero-order chi connectivity index (χ0) is 18.7. The van der Waals surface area contributed by atoms with Gasteiger partial charge in [-0.25, -0.2) is 0 Å². The largest absolute Gasteiger partial charge is 0.463 e. The molecule has 4 aliphatic rings. The lowest BCUT2D eigenvalue weighted by molar-refractivity contribution is -0.160. The topological polar surface area (TPSA) is 26.3 Å². The normalized spacial score (nSPS) is 51.7. The first-order valence-electron chi connectivity index (χ1n) is 11.1. The Morgan fingerprint density at radius 2 is 1.69 bits per heavy atom. The Hall–Kier alpha value is -0.0500. The highest BCUT2D eigenvalue weighted by atomic mass is 79.9. The maximum Gasteiger partial charge on any atom is 0.302 e.